The Balaban J connectivity index is 2.71. The summed E-state index contributed by atoms with van der Waals surface area (Å²) in [7, 11) is 0. The maximum atomic E-state index is 11.3. The molecule has 0 amide bonds. The number of aromatic nitrogens is 1. The van der Waals surface area contributed by atoms with E-state index in [1.165, 1.54) is 11.3 Å². The molecular formula is C12H11NO3S. The first-order valence-corrected chi connectivity index (χ1v) is 5.84. The molecule has 0 saturated heterocycles. The standard InChI is InChI=1S/C12H11NO3S/c1-7-8(2)17-11(10(7)12(15)16)13-5-3-4-9(13)6-14/h3-6H,1-2H3,(H,15,16). The van der Waals surface area contributed by atoms with E-state index in [4.69, 9.17) is 0 Å². The zero-order chi connectivity index (χ0) is 12.6. The smallest absolute Gasteiger partial charge is 0.339 e. The molecule has 0 spiro atoms. The first-order chi connectivity index (χ1) is 8.06. The van der Waals surface area contributed by atoms with Crippen molar-refractivity contribution in [3.63, 3.8) is 0 Å². The van der Waals surface area contributed by atoms with Gasteiger partial charge in [0.15, 0.2) is 6.29 Å². The van der Waals surface area contributed by atoms with Crippen molar-refractivity contribution in [1.82, 2.24) is 4.57 Å². The number of aldehydes is 1. The molecule has 2 aromatic heterocycles. The molecule has 0 radical (unpaired) electrons. The summed E-state index contributed by atoms with van der Waals surface area (Å²) < 4.78 is 1.61. The summed E-state index contributed by atoms with van der Waals surface area (Å²) in [4.78, 5) is 23.1. The minimum absolute atomic E-state index is 0.270. The van der Waals surface area contributed by atoms with Crippen molar-refractivity contribution >= 4 is 23.6 Å². The van der Waals surface area contributed by atoms with Crippen molar-refractivity contribution in [2.75, 3.05) is 0 Å². The molecule has 5 heteroatoms. The van der Waals surface area contributed by atoms with Crippen molar-refractivity contribution in [3.05, 3.63) is 40.0 Å². The Hall–Kier alpha value is -1.88. The van der Waals surface area contributed by atoms with E-state index in [9.17, 15) is 14.7 Å². The van der Waals surface area contributed by atoms with E-state index < -0.39 is 5.97 Å². The number of aryl methyl sites for hydroxylation is 1. The second-order valence-electron chi connectivity index (χ2n) is 3.69. The molecule has 0 saturated carbocycles. The predicted molar refractivity (Wildman–Crippen MR) is 65.5 cm³/mol. The first kappa shape index (κ1) is 11.6. The van der Waals surface area contributed by atoms with Gasteiger partial charge < -0.3 is 9.67 Å². The average Bonchev–Trinajstić information content (AvgIpc) is 2.84. The molecule has 0 aliphatic carbocycles. The molecule has 2 heterocycles. The number of carbonyl (C=O) groups excluding carboxylic acids is 1. The number of aromatic carboxylic acids is 1. The van der Waals surface area contributed by atoms with E-state index in [2.05, 4.69) is 0 Å². The second kappa shape index (κ2) is 4.18. The minimum Gasteiger partial charge on any atom is -0.478 e. The molecule has 0 aliphatic heterocycles. The topological polar surface area (TPSA) is 59.3 Å². The van der Waals surface area contributed by atoms with Crippen LogP contribution in [0.1, 0.15) is 31.3 Å². The highest BCUT2D eigenvalue weighted by molar-refractivity contribution is 7.15. The summed E-state index contributed by atoms with van der Waals surface area (Å²) in [5, 5.41) is 9.81. The van der Waals surface area contributed by atoms with Gasteiger partial charge in [0.2, 0.25) is 0 Å². The van der Waals surface area contributed by atoms with Crippen molar-refractivity contribution in [2.24, 2.45) is 0 Å². The Morgan fingerprint density at radius 1 is 1.47 bits per heavy atom. The molecule has 0 atom stereocenters. The lowest BCUT2D eigenvalue weighted by Gasteiger charge is -2.04. The third kappa shape index (κ3) is 1.78. The van der Waals surface area contributed by atoms with E-state index in [-0.39, 0.29) is 5.56 Å². The number of carbonyl (C=O) groups is 2. The molecule has 17 heavy (non-hydrogen) atoms. The lowest BCUT2D eigenvalue weighted by Crippen LogP contribution is -2.04. The first-order valence-electron chi connectivity index (χ1n) is 5.02. The maximum Gasteiger partial charge on any atom is 0.339 e. The zero-order valence-corrected chi connectivity index (χ0v) is 10.2. The van der Waals surface area contributed by atoms with Crippen LogP contribution in [0.15, 0.2) is 18.3 Å². The number of nitrogens with zero attached hydrogens (tertiary/aromatic N) is 1. The largest absolute Gasteiger partial charge is 0.478 e. The lowest BCUT2D eigenvalue weighted by atomic mass is 10.1. The summed E-state index contributed by atoms with van der Waals surface area (Å²) >= 11 is 1.38. The molecule has 88 valence electrons. The fourth-order valence-electron chi connectivity index (χ4n) is 1.71. The highest BCUT2D eigenvalue weighted by Gasteiger charge is 2.20. The molecule has 4 nitrogen and oxygen atoms in total. The molecule has 2 rings (SSSR count). The molecule has 2 aromatic rings. The van der Waals surface area contributed by atoms with Crippen molar-refractivity contribution in [1.29, 1.82) is 0 Å². The van der Waals surface area contributed by atoms with Crippen molar-refractivity contribution < 1.29 is 14.7 Å². The average molecular weight is 249 g/mol. The molecule has 0 fully saturated rings. The van der Waals surface area contributed by atoms with Crippen LogP contribution in [0.2, 0.25) is 0 Å². The SMILES string of the molecule is Cc1sc(-n2cccc2C=O)c(C(=O)O)c1C. The van der Waals surface area contributed by atoms with Gasteiger partial charge in [-0.15, -0.1) is 11.3 Å². The van der Waals surface area contributed by atoms with Crippen LogP contribution >= 0.6 is 11.3 Å². The fourth-order valence-corrected chi connectivity index (χ4v) is 2.86. The number of thiophene rings is 1. The van der Waals surface area contributed by atoms with Crippen molar-refractivity contribution in [3.8, 4) is 5.00 Å². The van der Waals surface area contributed by atoms with Crippen LogP contribution in [-0.2, 0) is 0 Å². The second-order valence-corrected chi connectivity index (χ2v) is 4.89. The third-order valence-corrected chi connectivity index (χ3v) is 3.91. The Kier molecular flexibility index (Phi) is 2.85. The van der Waals surface area contributed by atoms with Crippen LogP contribution in [-0.4, -0.2) is 21.9 Å². The number of hydrogen-bond acceptors (Lipinski definition) is 3. The van der Waals surface area contributed by atoms with Gasteiger partial charge in [-0.2, -0.15) is 0 Å². The molecular weight excluding hydrogens is 238 g/mol. The molecule has 0 aliphatic rings. The minimum atomic E-state index is -0.965. The summed E-state index contributed by atoms with van der Waals surface area (Å²) in [5.41, 5.74) is 1.48. The van der Waals surface area contributed by atoms with Gasteiger partial charge >= 0.3 is 5.97 Å². The summed E-state index contributed by atoms with van der Waals surface area (Å²) in [6.45, 7) is 3.66. The predicted octanol–water partition coefficient (Wildman–Crippen LogP) is 2.67. The van der Waals surface area contributed by atoms with E-state index in [1.54, 1.807) is 29.8 Å². The van der Waals surface area contributed by atoms with Gasteiger partial charge in [0, 0.05) is 11.1 Å². The van der Waals surface area contributed by atoms with Gasteiger partial charge in [0.1, 0.15) is 5.00 Å². The Morgan fingerprint density at radius 2 is 2.18 bits per heavy atom. The van der Waals surface area contributed by atoms with Crippen LogP contribution < -0.4 is 0 Å². The monoisotopic (exact) mass is 249 g/mol. The van der Waals surface area contributed by atoms with Gasteiger partial charge in [-0.3, -0.25) is 4.79 Å². The van der Waals surface area contributed by atoms with Crippen molar-refractivity contribution in [2.45, 2.75) is 13.8 Å². The van der Waals surface area contributed by atoms with E-state index in [1.807, 2.05) is 6.92 Å². The third-order valence-electron chi connectivity index (χ3n) is 2.70. The Morgan fingerprint density at radius 3 is 2.76 bits per heavy atom. The van der Waals surface area contributed by atoms with Crippen LogP contribution in [0.3, 0.4) is 0 Å². The van der Waals surface area contributed by atoms with Gasteiger partial charge in [-0.05, 0) is 31.5 Å². The zero-order valence-electron chi connectivity index (χ0n) is 9.43. The highest BCUT2D eigenvalue weighted by Crippen LogP contribution is 2.31. The Bertz CT molecular complexity index is 595. The summed E-state index contributed by atoms with van der Waals surface area (Å²) in [6.07, 6.45) is 2.41. The number of hydrogen-bond donors (Lipinski definition) is 1. The van der Waals surface area contributed by atoms with Gasteiger partial charge in [0.05, 0.1) is 11.3 Å². The summed E-state index contributed by atoms with van der Waals surface area (Å²) in [5.74, 6) is -0.965. The molecule has 1 N–H and O–H groups in total. The van der Waals surface area contributed by atoms with E-state index in [0.717, 1.165) is 16.7 Å². The van der Waals surface area contributed by atoms with Crippen LogP contribution in [0.5, 0.6) is 0 Å². The van der Waals surface area contributed by atoms with E-state index >= 15 is 0 Å². The Labute approximate surface area is 102 Å². The summed E-state index contributed by atoms with van der Waals surface area (Å²) in [6, 6.07) is 3.38. The quantitative estimate of drug-likeness (QED) is 0.851. The van der Waals surface area contributed by atoms with E-state index in [0.29, 0.717) is 10.7 Å². The van der Waals surface area contributed by atoms with Crippen LogP contribution in [0.4, 0.5) is 0 Å². The molecule has 0 unspecified atom stereocenters. The number of rotatable bonds is 3. The van der Waals surface area contributed by atoms with Crippen LogP contribution in [0.25, 0.3) is 5.00 Å². The number of carboxylic acid groups (broad SMARTS) is 1. The molecule has 0 bridgehead atoms. The normalized spacial score (nSPS) is 10.5. The lowest BCUT2D eigenvalue weighted by molar-refractivity contribution is 0.0696. The van der Waals surface area contributed by atoms with Gasteiger partial charge in [-0.1, -0.05) is 0 Å². The number of carboxylic acids is 1. The van der Waals surface area contributed by atoms with Crippen LogP contribution in [0, 0.1) is 13.8 Å². The van der Waals surface area contributed by atoms with Gasteiger partial charge in [0.25, 0.3) is 0 Å². The maximum absolute atomic E-state index is 11.3. The molecule has 0 aromatic carbocycles. The van der Waals surface area contributed by atoms with Gasteiger partial charge in [-0.25, -0.2) is 4.79 Å². The fraction of sp³-hybridized carbons (Fsp3) is 0.167. The highest BCUT2D eigenvalue weighted by atomic mass is 32.1.